The molecule has 0 aromatic heterocycles. The summed E-state index contributed by atoms with van der Waals surface area (Å²) < 4.78 is 0. The lowest BCUT2D eigenvalue weighted by Gasteiger charge is -2.27. The van der Waals surface area contributed by atoms with Crippen LogP contribution in [-0.2, 0) is 0 Å². The molecule has 1 fully saturated rings. The van der Waals surface area contributed by atoms with Crippen LogP contribution in [0, 0.1) is 11.8 Å². The lowest BCUT2D eigenvalue weighted by atomic mass is 9.96. The molecule has 1 heterocycles. The van der Waals surface area contributed by atoms with Gasteiger partial charge in [-0.3, -0.25) is 0 Å². The van der Waals surface area contributed by atoms with E-state index in [1.165, 1.54) is 38.8 Å². The number of hydrogen-bond donors (Lipinski definition) is 1. The van der Waals surface area contributed by atoms with Gasteiger partial charge in [0.25, 0.3) is 0 Å². The fourth-order valence-electron chi connectivity index (χ4n) is 2.13. The highest BCUT2D eigenvalue weighted by atomic mass is 16.3. The Morgan fingerprint density at radius 3 is 2.07 bits per heavy atom. The van der Waals surface area contributed by atoms with Gasteiger partial charge in [0.15, 0.2) is 0 Å². The standard InChI is InChI=1S/C12H25NO/c1-11(2)12(10-14)9-13-7-5-3-4-6-8-13/h11-12,14H,3-10H2,1-2H3. The third-order valence-electron chi connectivity index (χ3n) is 3.37. The molecule has 1 saturated heterocycles. The number of likely N-dealkylation sites (tertiary alicyclic amines) is 1. The first-order valence-electron chi connectivity index (χ1n) is 6.07. The average molecular weight is 199 g/mol. The fourth-order valence-corrected chi connectivity index (χ4v) is 2.13. The lowest BCUT2D eigenvalue weighted by Crippen LogP contribution is -2.34. The molecule has 0 spiro atoms. The second-order valence-electron chi connectivity index (χ2n) is 4.90. The molecule has 84 valence electrons. The molecule has 1 unspecified atom stereocenters. The van der Waals surface area contributed by atoms with Crippen molar-refractivity contribution in [1.82, 2.24) is 4.90 Å². The van der Waals surface area contributed by atoms with Gasteiger partial charge in [0, 0.05) is 13.2 Å². The molecule has 0 aliphatic carbocycles. The second kappa shape index (κ2) is 6.41. The summed E-state index contributed by atoms with van der Waals surface area (Å²) in [6, 6.07) is 0. The number of rotatable bonds is 4. The first-order valence-corrected chi connectivity index (χ1v) is 6.07. The van der Waals surface area contributed by atoms with E-state index in [0.717, 1.165) is 6.54 Å². The SMILES string of the molecule is CC(C)C(CO)CN1CCCCCC1. The molecule has 1 aliphatic rings. The van der Waals surface area contributed by atoms with E-state index in [1.54, 1.807) is 0 Å². The van der Waals surface area contributed by atoms with Crippen LogP contribution in [0.5, 0.6) is 0 Å². The largest absolute Gasteiger partial charge is 0.396 e. The molecule has 0 radical (unpaired) electrons. The van der Waals surface area contributed by atoms with Gasteiger partial charge in [-0.2, -0.15) is 0 Å². The fraction of sp³-hybridized carbons (Fsp3) is 1.00. The van der Waals surface area contributed by atoms with E-state index in [9.17, 15) is 5.11 Å². The minimum Gasteiger partial charge on any atom is -0.396 e. The summed E-state index contributed by atoms with van der Waals surface area (Å²) in [6.45, 7) is 8.33. The quantitative estimate of drug-likeness (QED) is 0.749. The van der Waals surface area contributed by atoms with E-state index in [2.05, 4.69) is 18.7 Å². The van der Waals surface area contributed by atoms with Gasteiger partial charge in [-0.1, -0.05) is 26.7 Å². The summed E-state index contributed by atoms with van der Waals surface area (Å²) in [5.41, 5.74) is 0. The molecule has 2 heteroatoms. The van der Waals surface area contributed by atoms with Crippen molar-refractivity contribution in [3.05, 3.63) is 0 Å². The normalized spacial score (nSPS) is 22.3. The van der Waals surface area contributed by atoms with Crippen LogP contribution in [0.4, 0.5) is 0 Å². The number of aliphatic hydroxyl groups excluding tert-OH is 1. The van der Waals surface area contributed by atoms with Crippen molar-refractivity contribution in [3.63, 3.8) is 0 Å². The molecule has 0 amide bonds. The van der Waals surface area contributed by atoms with Crippen molar-refractivity contribution < 1.29 is 5.11 Å². The minimum atomic E-state index is 0.341. The third kappa shape index (κ3) is 3.97. The molecule has 0 saturated carbocycles. The molecule has 1 atom stereocenters. The zero-order valence-corrected chi connectivity index (χ0v) is 9.71. The molecule has 0 aromatic rings. The maximum atomic E-state index is 9.27. The van der Waals surface area contributed by atoms with Crippen LogP contribution in [-0.4, -0.2) is 36.2 Å². The predicted molar refractivity (Wildman–Crippen MR) is 60.3 cm³/mol. The van der Waals surface area contributed by atoms with E-state index < -0.39 is 0 Å². The highest BCUT2D eigenvalue weighted by Crippen LogP contribution is 2.15. The van der Waals surface area contributed by atoms with Crippen molar-refractivity contribution in [1.29, 1.82) is 0 Å². The van der Waals surface area contributed by atoms with Crippen LogP contribution in [0.25, 0.3) is 0 Å². The Hall–Kier alpha value is -0.0800. The van der Waals surface area contributed by atoms with Gasteiger partial charge in [0.2, 0.25) is 0 Å². The molecule has 1 rings (SSSR count). The lowest BCUT2D eigenvalue weighted by molar-refractivity contribution is 0.135. The van der Waals surface area contributed by atoms with Gasteiger partial charge in [-0.25, -0.2) is 0 Å². The summed E-state index contributed by atoms with van der Waals surface area (Å²) in [5, 5.41) is 9.27. The smallest absolute Gasteiger partial charge is 0.0473 e. The van der Waals surface area contributed by atoms with E-state index in [4.69, 9.17) is 0 Å². The van der Waals surface area contributed by atoms with Crippen LogP contribution in [0.1, 0.15) is 39.5 Å². The maximum Gasteiger partial charge on any atom is 0.0473 e. The Bertz CT molecular complexity index is 139. The monoisotopic (exact) mass is 199 g/mol. The molecule has 14 heavy (non-hydrogen) atoms. The van der Waals surface area contributed by atoms with Crippen LogP contribution >= 0.6 is 0 Å². The first kappa shape index (κ1) is 12.0. The summed E-state index contributed by atoms with van der Waals surface area (Å²) in [7, 11) is 0. The summed E-state index contributed by atoms with van der Waals surface area (Å²) in [4.78, 5) is 2.54. The molecular formula is C12H25NO. The number of aliphatic hydroxyl groups is 1. The first-order chi connectivity index (χ1) is 6.74. The molecule has 0 aromatic carbocycles. The zero-order chi connectivity index (χ0) is 10.4. The molecule has 2 nitrogen and oxygen atoms in total. The second-order valence-corrected chi connectivity index (χ2v) is 4.90. The Balaban J connectivity index is 2.32. The van der Waals surface area contributed by atoms with E-state index in [-0.39, 0.29) is 0 Å². The van der Waals surface area contributed by atoms with Crippen molar-refractivity contribution >= 4 is 0 Å². The van der Waals surface area contributed by atoms with Crippen molar-refractivity contribution in [2.45, 2.75) is 39.5 Å². The summed E-state index contributed by atoms with van der Waals surface area (Å²) >= 11 is 0. The number of hydrogen-bond acceptors (Lipinski definition) is 2. The van der Waals surface area contributed by atoms with Gasteiger partial charge >= 0.3 is 0 Å². The molecule has 1 aliphatic heterocycles. The van der Waals surface area contributed by atoms with Gasteiger partial charge in [-0.15, -0.1) is 0 Å². The Labute approximate surface area is 88.3 Å². The summed E-state index contributed by atoms with van der Waals surface area (Å²) in [5.74, 6) is 1.07. The number of nitrogens with zero attached hydrogens (tertiary/aromatic N) is 1. The van der Waals surface area contributed by atoms with Gasteiger partial charge in [0.1, 0.15) is 0 Å². The van der Waals surface area contributed by atoms with Crippen LogP contribution in [0.2, 0.25) is 0 Å². The van der Waals surface area contributed by atoms with Crippen molar-refractivity contribution in [2.24, 2.45) is 11.8 Å². The molecular weight excluding hydrogens is 174 g/mol. The van der Waals surface area contributed by atoms with Crippen LogP contribution in [0.3, 0.4) is 0 Å². The Kier molecular flexibility index (Phi) is 5.49. The van der Waals surface area contributed by atoms with Crippen LogP contribution < -0.4 is 0 Å². The molecule has 1 N–H and O–H groups in total. The van der Waals surface area contributed by atoms with E-state index in [0.29, 0.717) is 18.4 Å². The van der Waals surface area contributed by atoms with Crippen LogP contribution in [0.15, 0.2) is 0 Å². The zero-order valence-electron chi connectivity index (χ0n) is 9.71. The van der Waals surface area contributed by atoms with Gasteiger partial charge in [0.05, 0.1) is 0 Å². The minimum absolute atomic E-state index is 0.341. The molecule has 0 bridgehead atoms. The van der Waals surface area contributed by atoms with Gasteiger partial charge in [-0.05, 0) is 37.8 Å². The Morgan fingerprint density at radius 2 is 1.64 bits per heavy atom. The average Bonchev–Trinajstić information content (AvgIpc) is 2.41. The van der Waals surface area contributed by atoms with Gasteiger partial charge < -0.3 is 10.0 Å². The van der Waals surface area contributed by atoms with E-state index in [1.807, 2.05) is 0 Å². The maximum absolute atomic E-state index is 9.27. The predicted octanol–water partition coefficient (Wildman–Crippen LogP) is 2.13. The Morgan fingerprint density at radius 1 is 1.07 bits per heavy atom. The third-order valence-corrected chi connectivity index (χ3v) is 3.37. The summed E-state index contributed by atoms with van der Waals surface area (Å²) in [6.07, 6.45) is 5.47. The van der Waals surface area contributed by atoms with E-state index >= 15 is 0 Å². The topological polar surface area (TPSA) is 23.5 Å². The van der Waals surface area contributed by atoms with Crippen molar-refractivity contribution in [3.8, 4) is 0 Å². The highest BCUT2D eigenvalue weighted by molar-refractivity contribution is 4.70. The highest BCUT2D eigenvalue weighted by Gasteiger charge is 2.17. The van der Waals surface area contributed by atoms with Crippen molar-refractivity contribution in [2.75, 3.05) is 26.2 Å².